The number of Topliss-reactive ketones (excluding diaryl/α,β-unsaturated/α-hetero) is 1. The van der Waals surface area contributed by atoms with E-state index in [0.29, 0.717) is 12.2 Å². The van der Waals surface area contributed by atoms with Crippen LogP contribution < -0.4 is 10.1 Å². The maximum absolute atomic E-state index is 13.5. The summed E-state index contributed by atoms with van der Waals surface area (Å²) in [6.07, 6.45) is 0.984. The van der Waals surface area contributed by atoms with Crippen molar-refractivity contribution in [1.82, 2.24) is 19.5 Å². The molecule has 2 fully saturated rings. The van der Waals surface area contributed by atoms with E-state index in [-0.39, 0.29) is 24.6 Å². The van der Waals surface area contributed by atoms with Crippen LogP contribution in [-0.2, 0) is 19.6 Å². The number of ether oxygens (including phenoxy) is 1. The first kappa shape index (κ1) is 25.9. The van der Waals surface area contributed by atoms with Crippen molar-refractivity contribution < 1.29 is 32.3 Å². The van der Waals surface area contributed by atoms with Gasteiger partial charge in [-0.25, -0.2) is 13.2 Å². The van der Waals surface area contributed by atoms with Crippen LogP contribution in [0.3, 0.4) is 0 Å². The topological polar surface area (TPSA) is 143 Å². The molecule has 0 radical (unpaired) electrons. The van der Waals surface area contributed by atoms with Crippen molar-refractivity contribution in [3.63, 3.8) is 0 Å². The highest BCUT2D eigenvalue weighted by atomic mass is 32.2. The van der Waals surface area contributed by atoms with Crippen LogP contribution in [0, 0.1) is 5.92 Å². The van der Waals surface area contributed by atoms with Crippen molar-refractivity contribution in [3.05, 3.63) is 46.9 Å². The van der Waals surface area contributed by atoms with Crippen LogP contribution in [-0.4, -0.2) is 76.7 Å². The second kappa shape index (κ2) is 10.4. The number of ketones is 1. The van der Waals surface area contributed by atoms with Crippen LogP contribution in [0.4, 0.5) is 4.79 Å². The Hall–Kier alpha value is -3.16. The van der Waals surface area contributed by atoms with Crippen LogP contribution in [0.2, 0.25) is 0 Å². The zero-order chi connectivity index (χ0) is 26.0. The molecule has 3 atom stereocenters. The monoisotopic (exact) mass is 534 g/mol. The molecule has 11 nitrogen and oxygen atoms in total. The van der Waals surface area contributed by atoms with Gasteiger partial charge in [0.05, 0.1) is 12.6 Å². The van der Waals surface area contributed by atoms with Gasteiger partial charge in [-0.15, -0.1) is 11.3 Å². The minimum Gasteiger partial charge on any atom is -0.409 e. The fraction of sp³-hybridized carbons (Fsp3) is 0.435. The van der Waals surface area contributed by atoms with E-state index >= 15 is 0 Å². The third-order valence-electron chi connectivity index (χ3n) is 6.08. The lowest BCUT2D eigenvalue weighted by molar-refractivity contribution is -0.138. The number of carbonyl (C=O) groups is 4. The quantitative estimate of drug-likeness (QED) is 0.565. The Balaban J connectivity index is 1.51. The Labute approximate surface area is 212 Å². The van der Waals surface area contributed by atoms with Gasteiger partial charge in [0.25, 0.3) is 10.0 Å². The standard InChI is InChI=1S/C23H26N4O7S2/c1-14(2)11-17(25-23(31)34-15-7-10-35-13-15)21(29)26-9-6-18-20(26)19(28)12-27(18)36(32,33)22(30)16-5-3-4-8-24-16/h3-5,7-8,10,13-14,17-18,20H,6,9,11-12H2,1-2H3,(H,25,31). The average molecular weight is 535 g/mol. The summed E-state index contributed by atoms with van der Waals surface area (Å²) < 4.78 is 32.2. The summed E-state index contributed by atoms with van der Waals surface area (Å²) in [5.74, 6) is -0.598. The molecule has 0 saturated carbocycles. The largest absolute Gasteiger partial charge is 0.413 e. The summed E-state index contributed by atoms with van der Waals surface area (Å²) in [6, 6.07) is 3.09. The van der Waals surface area contributed by atoms with E-state index in [2.05, 4.69) is 10.3 Å². The van der Waals surface area contributed by atoms with Gasteiger partial charge in [-0.3, -0.25) is 19.4 Å². The summed E-state index contributed by atoms with van der Waals surface area (Å²) in [6.45, 7) is 3.37. The van der Waals surface area contributed by atoms with E-state index < -0.39 is 57.6 Å². The van der Waals surface area contributed by atoms with Gasteiger partial charge < -0.3 is 15.0 Å². The molecule has 2 aromatic rings. The van der Waals surface area contributed by atoms with Gasteiger partial charge in [0.1, 0.15) is 23.5 Å². The number of amides is 2. The highest BCUT2D eigenvalue weighted by Crippen LogP contribution is 2.33. The molecule has 0 spiro atoms. The van der Waals surface area contributed by atoms with Gasteiger partial charge in [-0.05, 0) is 42.3 Å². The molecular weight excluding hydrogens is 508 g/mol. The number of nitrogens with zero attached hydrogens (tertiary/aromatic N) is 3. The molecule has 2 amide bonds. The second-order valence-corrected chi connectivity index (χ2v) is 11.6. The molecule has 36 heavy (non-hydrogen) atoms. The lowest BCUT2D eigenvalue weighted by Gasteiger charge is -2.28. The van der Waals surface area contributed by atoms with E-state index in [4.69, 9.17) is 4.74 Å². The molecule has 2 aliphatic rings. The maximum Gasteiger partial charge on any atom is 0.413 e. The first-order valence-corrected chi connectivity index (χ1v) is 13.8. The summed E-state index contributed by atoms with van der Waals surface area (Å²) in [4.78, 5) is 56.6. The van der Waals surface area contributed by atoms with Gasteiger partial charge >= 0.3 is 11.2 Å². The van der Waals surface area contributed by atoms with Crippen LogP contribution in [0.1, 0.15) is 37.2 Å². The molecule has 4 rings (SSSR count). The predicted molar refractivity (Wildman–Crippen MR) is 130 cm³/mol. The number of thiophene rings is 1. The Morgan fingerprint density at radius 2 is 2.03 bits per heavy atom. The van der Waals surface area contributed by atoms with Gasteiger partial charge in [-0.1, -0.05) is 19.9 Å². The highest BCUT2D eigenvalue weighted by molar-refractivity contribution is 8.04. The normalized spacial score (nSPS) is 20.9. The zero-order valence-corrected chi connectivity index (χ0v) is 21.3. The predicted octanol–water partition coefficient (Wildman–Crippen LogP) is 1.67. The van der Waals surface area contributed by atoms with Gasteiger partial charge in [-0.2, -0.15) is 4.31 Å². The summed E-state index contributed by atoms with van der Waals surface area (Å²) in [5.41, 5.74) is -0.246. The molecule has 3 unspecified atom stereocenters. The van der Waals surface area contributed by atoms with E-state index in [0.717, 1.165) is 4.31 Å². The molecule has 4 heterocycles. The molecule has 2 saturated heterocycles. The number of sulfonamides is 1. The number of carbonyl (C=O) groups excluding carboxylic acids is 4. The van der Waals surface area contributed by atoms with E-state index in [1.807, 2.05) is 13.8 Å². The van der Waals surface area contributed by atoms with E-state index in [1.54, 1.807) is 22.9 Å². The minimum absolute atomic E-state index is 0.0333. The molecule has 192 valence electrons. The number of aromatic nitrogens is 1. The number of nitrogens with one attached hydrogen (secondary N) is 1. The molecular formula is C23H26N4O7S2. The van der Waals surface area contributed by atoms with Crippen molar-refractivity contribution in [1.29, 1.82) is 0 Å². The van der Waals surface area contributed by atoms with Crippen LogP contribution in [0.25, 0.3) is 0 Å². The maximum atomic E-state index is 13.5. The van der Waals surface area contributed by atoms with Gasteiger partial charge in [0, 0.05) is 18.1 Å². The number of hydrogen-bond donors (Lipinski definition) is 1. The van der Waals surface area contributed by atoms with Gasteiger partial charge in [0.15, 0.2) is 5.78 Å². The first-order chi connectivity index (χ1) is 17.1. The number of pyridine rings is 1. The molecule has 2 aromatic heterocycles. The molecule has 0 bridgehead atoms. The number of likely N-dealkylation sites (tertiary alicyclic amines) is 1. The van der Waals surface area contributed by atoms with E-state index in [9.17, 15) is 27.6 Å². The fourth-order valence-corrected chi connectivity index (χ4v) is 6.57. The van der Waals surface area contributed by atoms with Crippen LogP contribution >= 0.6 is 11.3 Å². The number of rotatable bonds is 7. The smallest absolute Gasteiger partial charge is 0.409 e. The minimum atomic E-state index is -4.53. The van der Waals surface area contributed by atoms with Crippen molar-refractivity contribution in [2.24, 2.45) is 5.92 Å². The summed E-state index contributed by atoms with van der Waals surface area (Å²) in [7, 11) is -4.53. The second-order valence-electron chi connectivity index (χ2n) is 9.03. The average Bonchev–Trinajstić information content (AvgIpc) is 3.57. The Morgan fingerprint density at radius 3 is 2.67 bits per heavy atom. The SMILES string of the molecule is CC(C)CC(NC(=O)Oc1ccsc1)C(=O)N1CCC2C1C(=O)CN2S(=O)(=O)C(=O)c1ccccn1. The van der Waals surface area contributed by atoms with E-state index in [1.165, 1.54) is 34.6 Å². The lowest BCUT2D eigenvalue weighted by atomic mass is 10.0. The van der Waals surface area contributed by atoms with Crippen LogP contribution in [0.5, 0.6) is 5.75 Å². The molecule has 1 N–H and O–H groups in total. The zero-order valence-electron chi connectivity index (χ0n) is 19.7. The Kier molecular flexibility index (Phi) is 7.52. The fourth-order valence-electron chi connectivity index (χ4n) is 4.54. The molecule has 0 aromatic carbocycles. The summed E-state index contributed by atoms with van der Waals surface area (Å²) >= 11 is 1.35. The molecule has 0 aliphatic carbocycles. The third kappa shape index (κ3) is 5.18. The first-order valence-electron chi connectivity index (χ1n) is 11.4. The van der Waals surface area contributed by atoms with Crippen molar-refractivity contribution >= 4 is 44.3 Å². The number of hydrogen-bond acceptors (Lipinski definition) is 9. The highest BCUT2D eigenvalue weighted by Gasteiger charge is 2.55. The van der Waals surface area contributed by atoms with Crippen LogP contribution in [0.15, 0.2) is 41.2 Å². The van der Waals surface area contributed by atoms with Crippen molar-refractivity contribution in [2.75, 3.05) is 13.1 Å². The summed E-state index contributed by atoms with van der Waals surface area (Å²) in [5, 5.41) is 4.77. The third-order valence-corrected chi connectivity index (χ3v) is 8.44. The van der Waals surface area contributed by atoms with Crippen molar-refractivity contribution in [2.45, 2.75) is 44.8 Å². The Morgan fingerprint density at radius 1 is 1.25 bits per heavy atom. The molecule has 2 aliphatic heterocycles. The van der Waals surface area contributed by atoms with Gasteiger partial charge in [0.2, 0.25) is 5.91 Å². The number of fused-ring (bicyclic) bond motifs is 1. The Bertz CT molecular complexity index is 1250. The van der Waals surface area contributed by atoms with Crippen molar-refractivity contribution in [3.8, 4) is 5.75 Å². The molecule has 13 heteroatoms. The lowest BCUT2D eigenvalue weighted by Crippen LogP contribution is -2.53.